The van der Waals surface area contributed by atoms with Crippen molar-refractivity contribution in [1.82, 2.24) is 4.98 Å². The molecular formula is C12H18N2OS. The van der Waals surface area contributed by atoms with Gasteiger partial charge in [-0.1, -0.05) is 6.42 Å². The molecule has 0 spiro atoms. The van der Waals surface area contributed by atoms with Crippen LogP contribution in [0.2, 0.25) is 0 Å². The molecule has 0 saturated carbocycles. The Bertz CT molecular complexity index is 327. The summed E-state index contributed by atoms with van der Waals surface area (Å²) in [5, 5.41) is 4.10. The molecule has 1 N–H and O–H groups in total. The number of methoxy groups -OCH3 is 1. The second kappa shape index (κ2) is 5.99. The summed E-state index contributed by atoms with van der Waals surface area (Å²) < 4.78 is 5.25. The molecule has 3 nitrogen and oxygen atoms in total. The maximum absolute atomic E-state index is 5.25. The number of nitrogens with zero attached hydrogens (tertiary/aromatic N) is 1. The van der Waals surface area contributed by atoms with Crippen LogP contribution in [-0.2, 0) is 0 Å². The minimum absolute atomic E-state index is 0.723. The summed E-state index contributed by atoms with van der Waals surface area (Å²) in [6.45, 7) is 0.984. The highest BCUT2D eigenvalue weighted by atomic mass is 32.2. The third-order valence-electron chi connectivity index (χ3n) is 2.76. The Morgan fingerprint density at radius 3 is 3.25 bits per heavy atom. The summed E-state index contributed by atoms with van der Waals surface area (Å²) in [6.07, 6.45) is 5.83. The lowest BCUT2D eigenvalue weighted by Crippen LogP contribution is -2.20. The van der Waals surface area contributed by atoms with E-state index in [0.717, 1.165) is 23.4 Å². The largest absolute Gasteiger partial charge is 0.493 e. The highest BCUT2D eigenvalue weighted by Gasteiger charge is 2.14. The Morgan fingerprint density at radius 2 is 2.50 bits per heavy atom. The van der Waals surface area contributed by atoms with Crippen LogP contribution in [0, 0.1) is 0 Å². The van der Waals surface area contributed by atoms with Crippen LogP contribution in [0.3, 0.4) is 0 Å². The van der Waals surface area contributed by atoms with Gasteiger partial charge in [-0.3, -0.25) is 0 Å². The highest BCUT2D eigenvalue weighted by Crippen LogP contribution is 2.26. The fraction of sp³-hybridized carbons (Fsp3) is 0.583. The fourth-order valence-corrected chi connectivity index (χ4v) is 3.11. The van der Waals surface area contributed by atoms with E-state index < -0.39 is 0 Å². The molecule has 0 amide bonds. The second-order valence-electron chi connectivity index (χ2n) is 3.92. The topological polar surface area (TPSA) is 34.1 Å². The molecule has 1 aliphatic heterocycles. The molecule has 1 aliphatic rings. The van der Waals surface area contributed by atoms with Gasteiger partial charge >= 0.3 is 0 Å². The van der Waals surface area contributed by atoms with Crippen molar-refractivity contribution < 1.29 is 4.74 Å². The predicted octanol–water partition coefficient (Wildman–Crippen LogP) is 2.79. The van der Waals surface area contributed by atoms with Crippen LogP contribution in [0.1, 0.15) is 19.3 Å². The Hall–Kier alpha value is -0.900. The molecule has 4 heteroatoms. The van der Waals surface area contributed by atoms with Crippen molar-refractivity contribution in [3.63, 3.8) is 0 Å². The monoisotopic (exact) mass is 238 g/mol. The van der Waals surface area contributed by atoms with Gasteiger partial charge in [-0.2, -0.15) is 11.8 Å². The van der Waals surface area contributed by atoms with E-state index in [1.807, 2.05) is 12.1 Å². The molecule has 0 bridgehead atoms. The van der Waals surface area contributed by atoms with Gasteiger partial charge in [-0.25, -0.2) is 4.98 Å². The van der Waals surface area contributed by atoms with Crippen molar-refractivity contribution in [2.45, 2.75) is 24.5 Å². The molecule has 0 aliphatic carbocycles. The highest BCUT2D eigenvalue weighted by molar-refractivity contribution is 7.99. The van der Waals surface area contributed by atoms with Crippen molar-refractivity contribution >= 4 is 17.6 Å². The average molecular weight is 238 g/mol. The number of rotatable bonds is 4. The molecule has 1 fully saturated rings. The summed E-state index contributed by atoms with van der Waals surface area (Å²) in [6, 6.07) is 3.82. The third-order valence-corrected chi connectivity index (χ3v) is 4.16. The van der Waals surface area contributed by atoms with Gasteiger partial charge in [0.15, 0.2) is 11.6 Å². The van der Waals surface area contributed by atoms with Gasteiger partial charge < -0.3 is 10.1 Å². The Morgan fingerprint density at radius 1 is 1.56 bits per heavy atom. The first-order valence-electron chi connectivity index (χ1n) is 5.74. The first-order chi connectivity index (χ1) is 7.90. The van der Waals surface area contributed by atoms with Gasteiger partial charge in [0.2, 0.25) is 0 Å². The van der Waals surface area contributed by atoms with Crippen LogP contribution in [0.15, 0.2) is 18.3 Å². The number of aromatic nitrogens is 1. The number of pyridine rings is 1. The molecule has 1 atom stereocenters. The zero-order valence-corrected chi connectivity index (χ0v) is 10.4. The Kier molecular flexibility index (Phi) is 4.34. The van der Waals surface area contributed by atoms with Crippen molar-refractivity contribution in [3.05, 3.63) is 18.3 Å². The lowest BCUT2D eigenvalue weighted by molar-refractivity contribution is 0.414. The van der Waals surface area contributed by atoms with Gasteiger partial charge in [0, 0.05) is 18.0 Å². The molecule has 2 rings (SSSR count). The van der Waals surface area contributed by atoms with E-state index in [0.29, 0.717) is 0 Å². The lowest BCUT2D eigenvalue weighted by Gasteiger charge is -2.22. The molecule has 1 aromatic rings. The minimum atomic E-state index is 0.723. The molecule has 0 radical (unpaired) electrons. The van der Waals surface area contributed by atoms with Gasteiger partial charge in [-0.05, 0) is 30.7 Å². The van der Waals surface area contributed by atoms with Crippen LogP contribution < -0.4 is 10.1 Å². The molecule has 0 aromatic carbocycles. The lowest BCUT2D eigenvalue weighted by atomic mass is 10.2. The van der Waals surface area contributed by atoms with Crippen LogP contribution in [0.25, 0.3) is 0 Å². The number of hydrogen-bond acceptors (Lipinski definition) is 4. The molecule has 88 valence electrons. The van der Waals surface area contributed by atoms with E-state index in [1.54, 1.807) is 13.3 Å². The zero-order chi connectivity index (χ0) is 11.2. The molecule has 1 unspecified atom stereocenters. The van der Waals surface area contributed by atoms with Crippen LogP contribution in [-0.4, -0.2) is 29.6 Å². The molecule has 1 saturated heterocycles. The summed E-state index contributed by atoms with van der Waals surface area (Å²) in [7, 11) is 1.68. The first kappa shape index (κ1) is 11.6. The van der Waals surface area contributed by atoms with E-state index in [9.17, 15) is 0 Å². The van der Waals surface area contributed by atoms with Crippen molar-refractivity contribution in [1.29, 1.82) is 0 Å². The number of thioether (sulfide) groups is 1. The average Bonchev–Trinajstić information content (AvgIpc) is 2.38. The predicted molar refractivity (Wildman–Crippen MR) is 69.4 cm³/mol. The van der Waals surface area contributed by atoms with Crippen LogP contribution in [0.5, 0.6) is 5.75 Å². The zero-order valence-electron chi connectivity index (χ0n) is 9.61. The van der Waals surface area contributed by atoms with Crippen LogP contribution >= 0.6 is 11.8 Å². The molecule has 16 heavy (non-hydrogen) atoms. The van der Waals surface area contributed by atoms with E-state index in [1.165, 1.54) is 25.0 Å². The van der Waals surface area contributed by atoms with Gasteiger partial charge in [0.05, 0.1) is 7.11 Å². The van der Waals surface area contributed by atoms with Crippen molar-refractivity contribution in [2.24, 2.45) is 0 Å². The quantitative estimate of drug-likeness (QED) is 0.874. The minimum Gasteiger partial charge on any atom is -0.493 e. The SMILES string of the molecule is COc1cccnc1NCC1CCCCS1. The van der Waals surface area contributed by atoms with E-state index in [-0.39, 0.29) is 0 Å². The second-order valence-corrected chi connectivity index (χ2v) is 5.33. The van der Waals surface area contributed by atoms with Gasteiger partial charge in [0.1, 0.15) is 0 Å². The van der Waals surface area contributed by atoms with Crippen LogP contribution in [0.4, 0.5) is 5.82 Å². The summed E-state index contributed by atoms with van der Waals surface area (Å²) in [4.78, 5) is 4.29. The van der Waals surface area contributed by atoms with E-state index in [4.69, 9.17) is 4.74 Å². The van der Waals surface area contributed by atoms with E-state index >= 15 is 0 Å². The van der Waals surface area contributed by atoms with Crippen molar-refractivity contribution in [2.75, 3.05) is 24.7 Å². The molecule has 2 heterocycles. The van der Waals surface area contributed by atoms with Gasteiger partial charge in [-0.15, -0.1) is 0 Å². The molecular weight excluding hydrogens is 220 g/mol. The normalized spacial score (nSPS) is 20.4. The number of nitrogens with one attached hydrogen (secondary N) is 1. The number of hydrogen-bond donors (Lipinski definition) is 1. The first-order valence-corrected chi connectivity index (χ1v) is 6.79. The fourth-order valence-electron chi connectivity index (χ4n) is 1.87. The molecule has 1 aromatic heterocycles. The standard InChI is InChI=1S/C12H18N2OS/c1-15-11-6-4-7-13-12(11)14-9-10-5-2-3-8-16-10/h4,6-7,10H,2-3,5,8-9H2,1H3,(H,13,14). The van der Waals surface area contributed by atoms with Crippen molar-refractivity contribution in [3.8, 4) is 5.75 Å². The Balaban J connectivity index is 1.88. The smallest absolute Gasteiger partial charge is 0.168 e. The summed E-state index contributed by atoms with van der Waals surface area (Å²) in [5.41, 5.74) is 0. The maximum atomic E-state index is 5.25. The summed E-state index contributed by atoms with van der Waals surface area (Å²) in [5.74, 6) is 2.98. The number of anilines is 1. The van der Waals surface area contributed by atoms with E-state index in [2.05, 4.69) is 22.1 Å². The summed E-state index contributed by atoms with van der Waals surface area (Å²) >= 11 is 2.06. The third kappa shape index (κ3) is 3.04. The number of ether oxygens (including phenoxy) is 1. The maximum Gasteiger partial charge on any atom is 0.168 e. The van der Waals surface area contributed by atoms with Gasteiger partial charge in [0.25, 0.3) is 0 Å². The Labute approximate surface area is 101 Å².